The molecule has 0 aromatic carbocycles. The molecule has 6 nitrogen and oxygen atoms in total. The smallest absolute Gasteiger partial charge is 0.223 e. The van der Waals surface area contributed by atoms with Crippen LogP contribution in [0.2, 0.25) is 0 Å². The predicted octanol–water partition coefficient (Wildman–Crippen LogP) is 0.820. The summed E-state index contributed by atoms with van der Waals surface area (Å²) in [6, 6.07) is 0. The van der Waals surface area contributed by atoms with Gasteiger partial charge in [0.05, 0.1) is 26.0 Å². The molecule has 0 saturated heterocycles. The van der Waals surface area contributed by atoms with Crippen molar-refractivity contribution in [2.75, 3.05) is 12.4 Å². The first-order chi connectivity index (χ1) is 7.38. The summed E-state index contributed by atoms with van der Waals surface area (Å²) in [4.78, 5) is 15.2. The third kappa shape index (κ3) is 2.43. The fourth-order valence-electron chi connectivity index (χ4n) is 1.07. The van der Waals surface area contributed by atoms with Crippen molar-refractivity contribution in [2.45, 2.75) is 6.54 Å². The summed E-state index contributed by atoms with van der Waals surface area (Å²) in [6.07, 6.45) is 6.69. The van der Waals surface area contributed by atoms with E-state index in [9.17, 15) is 0 Å². The molecule has 0 fully saturated rings. The molecule has 0 bridgehead atoms. The average Bonchev–Trinajstić information content (AvgIpc) is 2.80. The van der Waals surface area contributed by atoms with Crippen molar-refractivity contribution in [1.82, 2.24) is 19.9 Å². The number of nitrogens with zero attached hydrogens (tertiary/aromatic N) is 3. The molecular formula is C9H11N5O. The van der Waals surface area contributed by atoms with E-state index in [2.05, 4.69) is 25.3 Å². The second kappa shape index (κ2) is 4.41. The van der Waals surface area contributed by atoms with Crippen LogP contribution in [0.3, 0.4) is 0 Å². The summed E-state index contributed by atoms with van der Waals surface area (Å²) in [5.74, 6) is 2.03. The van der Waals surface area contributed by atoms with Crippen LogP contribution in [0.15, 0.2) is 24.8 Å². The van der Waals surface area contributed by atoms with Gasteiger partial charge in [0.25, 0.3) is 0 Å². The lowest BCUT2D eigenvalue weighted by atomic mass is 10.6. The summed E-state index contributed by atoms with van der Waals surface area (Å²) in [6.45, 7) is 0.569. The number of imidazole rings is 1. The highest BCUT2D eigenvalue weighted by Gasteiger charge is 1.98. The maximum atomic E-state index is 4.95. The summed E-state index contributed by atoms with van der Waals surface area (Å²) < 4.78 is 4.95. The Morgan fingerprint density at radius 2 is 2.13 bits per heavy atom. The molecule has 0 aliphatic heterocycles. The lowest BCUT2D eigenvalue weighted by Gasteiger charge is -2.02. The SMILES string of the molecule is COc1cnc(NCc2ncc[nH]2)nc1. The Kier molecular flexibility index (Phi) is 2.77. The van der Waals surface area contributed by atoms with Crippen molar-refractivity contribution >= 4 is 5.95 Å². The minimum atomic E-state index is 0.548. The van der Waals surface area contributed by atoms with Gasteiger partial charge in [0.1, 0.15) is 5.82 Å². The number of aromatic nitrogens is 4. The molecule has 2 rings (SSSR count). The third-order valence-corrected chi connectivity index (χ3v) is 1.83. The van der Waals surface area contributed by atoms with E-state index in [0.717, 1.165) is 5.82 Å². The van der Waals surface area contributed by atoms with Crippen molar-refractivity contribution in [3.63, 3.8) is 0 Å². The minimum absolute atomic E-state index is 0.548. The molecule has 2 aromatic rings. The zero-order valence-electron chi connectivity index (χ0n) is 8.27. The van der Waals surface area contributed by atoms with Crippen LogP contribution in [0.1, 0.15) is 5.82 Å². The van der Waals surface area contributed by atoms with E-state index < -0.39 is 0 Å². The average molecular weight is 205 g/mol. The van der Waals surface area contributed by atoms with Gasteiger partial charge in [-0.3, -0.25) is 0 Å². The highest BCUT2D eigenvalue weighted by Crippen LogP contribution is 2.07. The minimum Gasteiger partial charge on any atom is -0.494 e. The number of nitrogens with one attached hydrogen (secondary N) is 2. The Morgan fingerprint density at radius 1 is 1.33 bits per heavy atom. The first-order valence-electron chi connectivity index (χ1n) is 4.46. The number of methoxy groups -OCH3 is 1. The first-order valence-corrected chi connectivity index (χ1v) is 4.46. The van der Waals surface area contributed by atoms with Crippen LogP contribution in [0.25, 0.3) is 0 Å². The molecule has 78 valence electrons. The van der Waals surface area contributed by atoms with Gasteiger partial charge in [-0.2, -0.15) is 0 Å². The van der Waals surface area contributed by atoms with E-state index in [4.69, 9.17) is 4.74 Å². The van der Waals surface area contributed by atoms with E-state index in [1.807, 2.05) is 0 Å². The van der Waals surface area contributed by atoms with E-state index in [1.54, 1.807) is 31.9 Å². The Labute approximate surface area is 86.7 Å². The van der Waals surface area contributed by atoms with Gasteiger partial charge in [-0.1, -0.05) is 0 Å². The number of ether oxygens (including phenoxy) is 1. The van der Waals surface area contributed by atoms with Crippen molar-refractivity contribution in [3.8, 4) is 5.75 Å². The van der Waals surface area contributed by atoms with Crippen molar-refractivity contribution in [1.29, 1.82) is 0 Å². The van der Waals surface area contributed by atoms with E-state index in [-0.39, 0.29) is 0 Å². The molecule has 0 saturated carbocycles. The van der Waals surface area contributed by atoms with Crippen LogP contribution < -0.4 is 10.1 Å². The molecule has 0 aliphatic carbocycles. The van der Waals surface area contributed by atoms with Gasteiger partial charge in [-0.05, 0) is 0 Å². The van der Waals surface area contributed by atoms with Crippen LogP contribution in [-0.4, -0.2) is 27.0 Å². The van der Waals surface area contributed by atoms with Crippen LogP contribution in [0.4, 0.5) is 5.95 Å². The van der Waals surface area contributed by atoms with E-state index in [0.29, 0.717) is 18.2 Å². The standard InChI is InChI=1S/C9H11N5O/c1-15-7-4-12-9(13-5-7)14-6-8-10-2-3-11-8/h2-5H,6H2,1H3,(H,10,11)(H,12,13,14). The van der Waals surface area contributed by atoms with Gasteiger partial charge >= 0.3 is 0 Å². The largest absolute Gasteiger partial charge is 0.494 e. The second-order valence-corrected chi connectivity index (χ2v) is 2.84. The fraction of sp³-hybridized carbons (Fsp3) is 0.222. The third-order valence-electron chi connectivity index (χ3n) is 1.83. The fourth-order valence-corrected chi connectivity index (χ4v) is 1.07. The molecule has 2 N–H and O–H groups in total. The zero-order chi connectivity index (χ0) is 10.5. The topological polar surface area (TPSA) is 75.7 Å². The quantitative estimate of drug-likeness (QED) is 0.772. The highest BCUT2D eigenvalue weighted by atomic mass is 16.5. The van der Waals surface area contributed by atoms with E-state index >= 15 is 0 Å². The lowest BCUT2D eigenvalue weighted by Crippen LogP contribution is -2.04. The van der Waals surface area contributed by atoms with Crippen LogP contribution >= 0.6 is 0 Å². The van der Waals surface area contributed by atoms with Crippen molar-refractivity contribution < 1.29 is 4.74 Å². The monoisotopic (exact) mass is 205 g/mol. The van der Waals surface area contributed by atoms with Gasteiger partial charge in [-0.15, -0.1) is 0 Å². The number of hydrogen-bond donors (Lipinski definition) is 2. The zero-order valence-corrected chi connectivity index (χ0v) is 8.27. The molecule has 15 heavy (non-hydrogen) atoms. The van der Waals surface area contributed by atoms with E-state index in [1.165, 1.54) is 0 Å². The molecule has 2 aromatic heterocycles. The number of aromatic amines is 1. The van der Waals surface area contributed by atoms with Crippen molar-refractivity contribution in [2.24, 2.45) is 0 Å². The number of hydrogen-bond acceptors (Lipinski definition) is 5. The normalized spacial score (nSPS) is 9.93. The Morgan fingerprint density at radius 3 is 2.73 bits per heavy atom. The summed E-state index contributed by atoms with van der Waals surface area (Å²) >= 11 is 0. The number of rotatable bonds is 4. The molecule has 0 amide bonds. The maximum absolute atomic E-state index is 4.95. The molecule has 0 unspecified atom stereocenters. The van der Waals surface area contributed by atoms with Gasteiger partial charge in [0.15, 0.2) is 5.75 Å². The van der Waals surface area contributed by atoms with Gasteiger partial charge in [-0.25, -0.2) is 15.0 Å². The van der Waals surface area contributed by atoms with Gasteiger partial charge < -0.3 is 15.0 Å². The van der Waals surface area contributed by atoms with Crippen LogP contribution in [0, 0.1) is 0 Å². The number of H-pyrrole nitrogens is 1. The molecule has 2 heterocycles. The first kappa shape index (κ1) is 9.45. The van der Waals surface area contributed by atoms with Crippen molar-refractivity contribution in [3.05, 3.63) is 30.6 Å². The summed E-state index contributed by atoms with van der Waals surface area (Å²) in [5, 5.41) is 3.03. The lowest BCUT2D eigenvalue weighted by molar-refractivity contribution is 0.411. The molecular weight excluding hydrogens is 194 g/mol. The predicted molar refractivity (Wildman–Crippen MR) is 54.5 cm³/mol. The molecule has 6 heteroatoms. The highest BCUT2D eigenvalue weighted by molar-refractivity contribution is 5.27. The molecule has 0 radical (unpaired) electrons. The second-order valence-electron chi connectivity index (χ2n) is 2.84. The Balaban J connectivity index is 1.93. The Hall–Kier alpha value is -2.11. The molecule has 0 atom stereocenters. The summed E-state index contributed by atoms with van der Waals surface area (Å²) in [5.41, 5.74) is 0. The Bertz CT molecular complexity index is 397. The molecule has 0 spiro atoms. The van der Waals surface area contributed by atoms with Gasteiger partial charge in [0.2, 0.25) is 5.95 Å². The summed E-state index contributed by atoms with van der Waals surface area (Å²) in [7, 11) is 1.58. The molecule has 0 aliphatic rings. The van der Waals surface area contributed by atoms with Gasteiger partial charge in [0, 0.05) is 12.4 Å². The van der Waals surface area contributed by atoms with Crippen LogP contribution in [-0.2, 0) is 6.54 Å². The van der Waals surface area contributed by atoms with Crippen LogP contribution in [0.5, 0.6) is 5.75 Å². The maximum Gasteiger partial charge on any atom is 0.223 e. The number of anilines is 1.